The van der Waals surface area contributed by atoms with Crippen LogP contribution in [-0.4, -0.2) is 26.8 Å². The number of anilines is 1. The number of nitrogens with two attached hydrogens (primary N) is 1. The predicted octanol–water partition coefficient (Wildman–Crippen LogP) is 1.54. The molecule has 0 saturated carbocycles. The largest absolute Gasteiger partial charge is 0.418 e. The van der Waals surface area contributed by atoms with Crippen molar-refractivity contribution in [3.63, 3.8) is 0 Å². The van der Waals surface area contributed by atoms with Gasteiger partial charge in [-0.2, -0.15) is 13.2 Å². The minimum absolute atomic E-state index is 0.441. The lowest BCUT2D eigenvalue weighted by Crippen LogP contribution is -2.23. The summed E-state index contributed by atoms with van der Waals surface area (Å²) in [6.45, 7) is 0. The van der Waals surface area contributed by atoms with Crippen LogP contribution in [0.15, 0.2) is 23.1 Å². The van der Waals surface area contributed by atoms with E-state index in [1.54, 1.807) is 0 Å². The van der Waals surface area contributed by atoms with Crippen LogP contribution in [0.25, 0.3) is 0 Å². The molecule has 0 aliphatic rings. The Bertz CT molecular complexity index is 524. The van der Waals surface area contributed by atoms with E-state index in [0.717, 1.165) is 16.4 Å². The fraction of sp³-hybridized carbons (Fsp3) is 0.333. The molecule has 0 aromatic heterocycles. The Balaban J connectivity index is 3.43. The maximum absolute atomic E-state index is 12.5. The van der Waals surface area contributed by atoms with Crippen LogP contribution in [0.5, 0.6) is 0 Å². The molecular weight excluding hydrogens is 257 g/mol. The van der Waals surface area contributed by atoms with Gasteiger partial charge in [0.2, 0.25) is 10.0 Å². The number of sulfonamides is 1. The van der Waals surface area contributed by atoms with E-state index in [2.05, 4.69) is 0 Å². The fourth-order valence-electron chi connectivity index (χ4n) is 1.15. The van der Waals surface area contributed by atoms with Crippen molar-refractivity contribution in [3.8, 4) is 0 Å². The van der Waals surface area contributed by atoms with Crippen LogP contribution in [0.1, 0.15) is 5.56 Å². The molecule has 1 rings (SSSR count). The van der Waals surface area contributed by atoms with E-state index in [1.807, 2.05) is 0 Å². The van der Waals surface area contributed by atoms with Gasteiger partial charge in [-0.05, 0) is 18.2 Å². The molecular formula is C9H11F3N2O2S. The minimum Gasteiger partial charge on any atom is -0.398 e. The second-order valence-electron chi connectivity index (χ2n) is 3.53. The summed E-state index contributed by atoms with van der Waals surface area (Å²) in [7, 11) is -1.43. The van der Waals surface area contributed by atoms with E-state index in [1.165, 1.54) is 14.1 Å². The van der Waals surface area contributed by atoms with E-state index in [9.17, 15) is 21.6 Å². The highest BCUT2D eigenvalue weighted by atomic mass is 32.2. The molecule has 8 heteroatoms. The van der Waals surface area contributed by atoms with Gasteiger partial charge in [0.15, 0.2) is 0 Å². The van der Waals surface area contributed by atoms with Crippen molar-refractivity contribution in [1.29, 1.82) is 0 Å². The Morgan fingerprint density at radius 3 is 2.18 bits per heavy atom. The lowest BCUT2D eigenvalue weighted by molar-refractivity contribution is -0.137. The van der Waals surface area contributed by atoms with Gasteiger partial charge in [0, 0.05) is 19.8 Å². The highest BCUT2D eigenvalue weighted by Crippen LogP contribution is 2.35. The second kappa shape index (κ2) is 4.19. The van der Waals surface area contributed by atoms with Crippen LogP contribution in [0.3, 0.4) is 0 Å². The molecule has 4 nitrogen and oxygen atoms in total. The first-order chi connectivity index (χ1) is 7.56. The monoisotopic (exact) mass is 268 g/mol. The molecule has 2 N–H and O–H groups in total. The smallest absolute Gasteiger partial charge is 0.398 e. The lowest BCUT2D eigenvalue weighted by Gasteiger charge is -2.14. The van der Waals surface area contributed by atoms with Crippen molar-refractivity contribution in [1.82, 2.24) is 4.31 Å². The van der Waals surface area contributed by atoms with Crippen molar-refractivity contribution in [2.45, 2.75) is 11.1 Å². The van der Waals surface area contributed by atoms with E-state index >= 15 is 0 Å². The van der Waals surface area contributed by atoms with Gasteiger partial charge in [0.25, 0.3) is 0 Å². The Morgan fingerprint density at radius 1 is 1.24 bits per heavy atom. The topological polar surface area (TPSA) is 63.4 Å². The first kappa shape index (κ1) is 13.8. The van der Waals surface area contributed by atoms with Crippen molar-refractivity contribution in [3.05, 3.63) is 23.8 Å². The third-order valence-electron chi connectivity index (χ3n) is 2.11. The maximum Gasteiger partial charge on any atom is 0.418 e. The minimum atomic E-state index is -4.68. The molecule has 0 aliphatic heterocycles. The first-order valence-electron chi connectivity index (χ1n) is 4.46. The van der Waals surface area contributed by atoms with Crippen LogP contribution < -0.4 is 5.73 Å². The molecule has 0 amide bonds. The summed E-state index contributed by atoms with van der Waals surface area (Å²) in [5.41, 5.74) is 3.51. The third-order valence-corrected chi connectivity index (χ3v) is 3.92. The van der Waals surface area contributed by atoms with Crippen LogP contribution >= 0.6 is 0 Å². The lowest BCUT2D eigenvalue weighted by atomic mass is 10.2. The Morgan fingerprint density at radius 2 is 1.76 bits per heavy atom. The van der Waals surface area contributed by atoms with Gasteiger partial charge in [0.1, 0.15) is 0 Å². The summed E-state index contributed by atoms with van der Waals surface area (Å²) < 4.78 is 61.7. The summed E-state index contributed by atoms with van der Waals surface area (Å²) in [5, 5.41) is 0. The molecule has 0 heterocycles. The van der Waals surface area contributed by atoms with Gasteiger partial charge in [-0.15, -0.1) is 0 Å². The number of rotatable bonds is 2. The Hall–Kier alpha value is -1.28. The quantitative estimate of drug-likeness (QED) is 0.827. The molecule has 1 aromatic rings. The number of nitrogens with zero attached hydrogens (tertiary/aromatic N) is 1. The van der Waals surface area contributed by atoms with E-state index < -0.39 is 32.3 Å². The average molecular weight is 268 g/mol. The van der Waals surface area contributed by atoms with Crippen molar-refractivity contribution >= 4 is 15.7 Å². The molecule has 96 valence electrons. The zero-order chi connectivity index (χ0) is 13.4. The number of benzene rings is 1. The Kier molecular flexibility index (Phi) is 3.40. The van der Waals surface area contributed by atoms with Crippen LogP contribution in [0.2, 0.25) is 0 Å². The number of halogens is 3. The SMILES string of the molecule is CN(C)S(=O)(=O)c1ccc(N)c(C(F)(F)F)c1. The van der Waals surface area contributed by atoms with Gasteiger partial charge in [0.05, 0.1) is 10.5 Å². The number of hydrogen-bond donors (Lipinski definition) is 1. The van der Waals surface area contributed by atoms with Gasteiger partial charge < -0.3 is 5.73 Å². The highest BCUT2D eigenvalue weighted by molar-refractivity contribution is 7.89. The fourth-order valence-corrected chi connectivity index (χ4v) is 2.08. The van der Waals surface area contributed by atoms with Gasteiger partial charge >= 0.3 is 6.18 Å². The zero-order valence-electron chi connectivity index (χ0n) is 9.12. The number of nitrogen functional groups attached to an aromatic ring is 1. The van der Waals surface area contributed by atoms with Crippen LogP contribution in [0, 0.1) is 0 Å². The predicted molar refractivity (Wildman–Crippen MR) is 56.7 cm³/mol. The molecule has 0 unspecified atom stereocenters. The van der Waals surface area contributed by atoms with E-state index in [-0.39, 0.29) is 0 Å². The average Bonchev–Trinajstić information content (AvgIpc) is 2.15. The van der Waals surface area contributed by atoms with Crippen molar-refractivity contribution in [2.24, 2.45) is 0 Å². The summed E-state index contributed by atoms with van der Waals surface area (Å²) in [6, 6.07) is 2.50. The molecule has 0 fully saturated rings. The van der Waals surface area contributed by atoms with Gasteiger partial charge in [-0.25, -0.2) is 12.7 Å². The van der Waals surface area contributed by atoms with Gasteiger partial charge in [-0.3, -0.25) is 0 Å². The molecule has 0 atom stereocenters. The van der Waals surface area contributed by atoms with E-state index in [4.69, 9.17) is 5.73 Å². The van der Waals surface area contributed by atoms with Crippen molar-refractivity contribution in [2.75, 3.05) is 19.8 Å². The highest BCUT2D eigenvalue weighted by Gasteiger charge is 2.34. The summed E-state index contributed by atoms with van der Waals surface area (Å²) in [4.78, 5) is -0.441. The molecule has 0 saturated heterocycles. The van der Waals surface area contributed by atoms with Crippen LogP contribution in [0.4, 0.5) is 18.9 Å². The summed E-state index contributed by atoms with van der Waals surface area (Å²) >= 11 is 0. The standard InChI is InChI=1S/C9H11F3N2O2S/c1-14(2)17(15,16)6-3-4-8(13)7(5-6)9(10,11)12/h3-5H,13H2,1-2H3. The molecule has 0 aliphatic carbocycles. The van der Waals surface area contributed by atoms with E-state index in [0.29, 0.717) is 6.07 Å². The third kappa shape index (κ3) is 2.70. The van der Waals surface area contributed by atoms with Crippen LogP contribution in [-0.2, 0) is 16.2 Å². The molecule has 0 bridgehead atoms. The summed E-state index contributed by atoms with van der Waals surface area (Å²) in [6.07, 6.45) is -4.68. The molecule has 0 radical (unpaired) electrons. The number of hydrogen-bond acceptors (Lipinski definition) is 3. The maximum atomic E-state index is 12.5. The molecule has 1 aromatic carbocycles. The Labute approximate surface area is 96.9 Å². The molecule has 0 spiro atoms. The zero-order valence-corrected chi connectivity index (χ0v) is 9.93. The second-order valence-corrected chi connectivity index (χ2v) is 5.69. The molecule has 17 heavy (non-hydrogen) atoms. The van der Waals surface area contributed by atoms with Crippen molar-refractivity contribution < 1.29 is 21.6 Å². The van der Waals surface area contributed by atoms with Gasteiger partial charge in [-0.1, -0.05) is 0 Å². The normalized spacial score (nSPS) is 13.1. The summed E-state index contributed by atoms with van der Waals surface area (Å²) in [5.74, 6) is 0. The number of alkyl halides is 3. The first-order valence-corrected chi connectivity index (χ1v) is 5.90.